The first-order valence-electron chi connectivity index (χ1n) is 26.2. The molecule has 10 rings (SSSR count). The molecule has 0 bridgehead atoms. The van der Waals surface area contributed by atoms with Crippen LogP contribution in [0.25, 0.3) is 0 Å². The number of hydrogen-bond donors (Lipinski definition) is 11. The Kier molecular flexibility index (Phi) is 14.8. The Balaban J connectivity index is 0.920. The molecule has 6 aliphatic heterocycles. The van der Waals surface area contributed by atoms with Crippen LogP contribution in [0.15, 0.2) is 11.6 Å². The summed E-state index contributed by atoms with van der Waals surface area (Å²) in [7, 11) is 0. The van der Waals surface area contributed by atoms with Crippen LogP contribution in [-0.2, 0) is 42.6 Å². The van der Waals surface area contributed by atoms with E-state index in [4.69, 9.17) is 42.6 Å². The molecule has 9 fully saturated rings. The summed E-state index contributed by atoms with van der Waals surface area (Å²) in [5.74, 6) is 3.16. The largest absolute Gasteiger partial charge is 0.394 e. The highest BCUT2D eigenvalue weighted by molar-refractivity contribution is 5.27. The fraction of sp³-hybridized carbons (Fsp3) is 0.960. The van der Waals surface area contributed by atoms with Gasteiger partial charge in [0.1, 0.15) is 85.1 Å². The van der Waals surface area contributed by atoms with Crippen LogP contribution in [0.3, 0.4) is 0 Å². The highest BCUT2D eigenvalue weighted by atomic mass is 16.8. The Labute approximate surface area is 409 Å². The molecule has 6 heterocycles. The number of ether oxygens (including phenoxy) is 9. The lowest BCUT2D eigenvalue weighted by Gasteiger charge is -2.59. The molecular formula is C50H81NO19. The van der Waals surface area contributed by atoms with Gasteiger partial charge in [-0.2, -0.15) is 0 Å². The Bertz CT molecular complexity index is 1860. The van der Waals surface area contributed by atoms with Crippen LogP contribution in [0.4, 0.5) is 0 Å². The molecule has 3 saturated carbocycles. The Morgan fingerprint density at radius 1 is 0.657 bits per heavy atom. The predicted octanol–water partition coefficient (Wildman–Crippen LogP) is -0.722. The lowest BCUT2D eigenvalue weighted by atomic mass is 9.47. The SMILES string of the molecule is C[C@@H]1CC[C@@]2(NC1)O[C@H]1C[C@H]3[C@@H]4CC=C5C[C@@H](O[C@@H]6O[C@H](CO)[C@@H](O[C@@H]7O[C@@H](C)[C@H](O)[C@@H](O)[C@H]7O)[C@H](O[C@@H]7OC[C@H](O)[C@H](O)[C@H]7O)[C@H]6O[C@@H]6O[C@@H](C)[C@H](O)[C@@H](O)[C@H]6O)CC[C@]5(C)[C@H]4CC[C@]3(C)[C@H]1[C@@H]2C. The number of nitrogens with one attached hydrogen (secondary N) is 1. The number of aliphatic hydroxyl groups is 10. The van der Waals surface area contributed by atoms with Crippen LogP contribution in [0.2, 0.25) is 0 Å². The van der Waals surface area contributed by atoms with Crippen LogP contribution < -0.4 is 5.32 Å². The van der Waals surface area contributed by atoms with Crippen molar-refractivity contribution in [1.29, 1.82) is 0 Å². The van der Waals surface area contributed by atoms with Crippen LogP contribution in [-0.4, -0.2) is 205 Å². The van der Waals surface area contributed by atoms with Gasteiger partial charge in [-0.1, -0.05) is 39.3 Å². The third-order valence-corrected chi connectivity index (χ3v) is 19.6. The summed E-state index contributed by atoms with van der Waals surface area (Å²) in [5, 5.41) is 112. The zero-order valence-electron chi connectivity index (χ0n) is 41.3. The molecule has 20 heteroatoms. The quantitative estimate of drug-likeness (QED) is 0.127. The Morgan fingerprint density at radius 3 is 1.94 bits per heavy atom. The van der Waals surface area contributed by atoms with Crippen LogP contribution in [0, 0.1) is 46.3 Å². The molecule has 20 nitrogen and oxygen atoms in total. The van der Waals surface area contributed by atoms with Crippen molar-refractivity contribution in [3.8, 4) is 0 Å². The van der Waals surface area contributed by atoms with Crippen molar-refractivity contribution >= 4 is 0 Å². The molecule has 30 atom stereocenters. The van der Waals surface area contributed by atoms with Crippen molar-refractivity contribution in [3.05, 3.63) is 11.6 Å². The van der Waals surface area contributed by atoms with E-state index in [2.05, 4.69) is 39.1 Å². The van der Waals surface area contributed by atoms with Gasteiger partial charge in [0.15, 0.2) is 25.2 Å². The van der Waals surface area contributed by atoms with Crippen LogP contribution in [0.1, 0.15) is 99.3 Å². The second-order valence-electron chi connectivity index (χ2n) is 23.6. The molecule has 0 aromatic heterocycles. The minimum atomic E-state index is -1.83. The van der Waals surface area contributed by atoms with Crippen molar-refractivity contribution in [2.75, 3.05) is 19.8 Å². The van der Waals surface area contributed by atoms with Gasteiger partial charge >= 0.3 is 0 Å². The van der Waals surface area contributed by atoms with Gasteiger partial charge < -0.3 is 93.7 Å². The smallest absolute Gasteiger partial charge is 0.187 e. The zero-order valence-corrected chi connectivity index (χ0v) is 41.3. The minimum Gasteiger partial charge on any atom is -0.394 e. The highest BCUT2D eigenvalue weighted by Gasteiger charge is 2.68. The van der Waals surface area contributed by atoms with Gasteiger partial charge in [0.2, 0.25) is 0 Å². The van der Waals surface area contributed by atoms with E-state index in [1.807, 2.05) is 0 Å². The van der Waals surface area contributed by atoms with E-state index in [-0.39, 0.29) is 22.7 Å². The first-order chi connectivity index (χ1) is 33.2. The normalized spacial score (nSPS) is 58.0. The number of allylic oxidation sites excluding steroid dienone is 1. The van der Waals surface area contributed by atoms with Gasteiger partial charge in [-0.3, -0.25) is 5.32 Å². The van der Waals surface area contributed by atoms with Crippen molar-refractivity contribution in [2.45, 2.75) is 234 Å². The number of hydrogen-bond acceptors (Lipinski definition) is 20. The Hall–Kier alpha value is -1.06. The molecule has 0 amide bonds. The molecule has 11 N–H and O–H groups in total. The zero-order chi connectivity index (χ0) is 49.9. The maximum Gasteiger partial charge on any atom is 0.187 e. The molecule has 0 radical (unpaired) electrons. The predicted molar refractivity (Wildman–Crippen MR) is 241 cm³/mol. The molecule has 4 aliphatic carbocycles. The first kappa shape index (κ1) is 52.4. The maximum atomic E-state index is 11.3. The molecule has 0 aromatic rings. The first-order valence-corrected chi connectivity index (χ1v) is 26.2. The van der Waals surface area contributed by atoms with Gasteiger partial charge in [0, 0.05) is 12.5 Å². The van der Waals surface area contributed by atoms with E-state index in [1.165, 1.54) is 25.8 Å². The molecule has 1 spiro atoms. The summed E-state index contributed by atoms with van der Waals surface area (Å²) in [6, 6.07) is 0. The molecule has 400 valence electrons. The average Bonchev–Trinajstić information content (AvgIpc) is 3.79. The summed E-state index contributed by atoms with van der Waals surface area (Å²) in [5.41, 5.74) is 1.19. The summed E-state index contributed by atoms with van der Waals surface area (Å²) in [6.07, 6.45) is -18.7. The third-order valence-electron chi connectivity index (χ3n) is 19.6. The molecule has 0 unspecified atom stereocenters. The fourth-order valence-electron chi connectivity index (χ4n) is 15.3. The van der Waals surface area contributed by atoms with E-state index in [0.717, 1.165) is 45.1 Å². The third kappa shape index (κ3) is 8.79. The fourth-order valence-corrected chi connectivity index (χ4v) is 15.3. The second kappa shape index (κ2) is 19.8. The van der Waals surface area contributed by atoms with E-state index < -0.39 is 136 Å². The van der Waals surface area contributed by atoms with Gasteiger partial charge in [-0.25, -0.2) is 0 Å². The summed E-state index contributed by atoms with van der Waals surface area (Å²) in [4.78, 5) is 0. The average molecular weight is 1000 g/mol. The molecule has 70 heavy (non-hydrogen) atoms. The topological polar surface area (TPSA) is 297 Å². The number of piperidine rings is 1. The lowest BCUT2D eigenvalue weighted by molar-refractivity contribution is -0.407. The molecule has 10 aliphatic rings. The number of rotatable bonds is 9. The van der Waals surface area contributed by atoms with Gasteiger partial charge in [-0.05, 0) is 112 Å². The Morgan fingerprint density at radius 2 is 1.30 bits per heavy atom. The van der Waals surface area contributed by atoms with Crippen LogP contribution >= 0.6 is 0 Å². The maximum absolute atomic E-state index is 11.3. The van der Waals surface area contributed by atoms with Crippen molar-refractivity contribution in [2.24, 2.45) is 46.3 Å². The van der Waals surface area contributed by atoms with E-state index in [1.54, 1.807) is 0 Å². The van der Waals surface area contributed by atoms with E-state index in [0.29, 0.717) is 48.3 Å². The van der Waals surface area contributed by atoms with Gasteiger partial charge in [0.05, 0.1) is 37.6 Å². The highest BCUT2D eigenvalue weighted by Crippen LogP contribution is 2.70. The standard InChI is InChI=1S/C50H81NO19/c1-20-9-14-50(51-17-20)21(2)32-30(70-50)16-28-26-8-7-24-15-25(10-12-48(24,5)27(26)11-13-49(28,32)6)65-47-43(69-46-40(61)37(58)34(55)23(4)64-46)42(68-44-38(59)35(56)29(53)19-62-44)41(31(18-52)66-47)67-45-39(60)36(57)33(54)22(3)63-45/h7,20-23,25-47,51-61H,8-19H2,1-6H3/t20-,21+,22+,23+,25+,26-,27+,28+,29+,30+,31-,32+,33+,34+,35+,36-,37-,38-,39-,40-,41-,42+,43-,44+,45+,46+,47-,48+,49+,50-/m1/s1. The minimum absolute atomic E-state index is 0.0821. The number of aliphatic hydroxyl groups excluding tert-OH is 10. The molecular weight excluding hydrogens is 919 g/mol. The van der Waals surface area contributed by atoms with Crippen molar-refractivity contribution in [3.63, 3.8) is 0 Å². The van der Waals surface area contributed by atoms with Crippen molar-refractivity contribution < 1.29 is 93.7 Å². The number of fused-ring (bicyclic) bond motifs is 7. The van der Waals surface area contributed by atoms with E-state index >= 15 is 0 Å². The second-order valence-corrected chi connectivity index (χ2v) is 23.6. The molecule has 0 aromatic carbocycles. The molecule has 6 saturated heterocycles. The van der Waals surface area contributed by atoms with Gasteiger partial charge in [-0.15, -0.1) is 0 Å². The summed E-state index contributed by atoms with van der Waals surface area (Å²) in [6.45, 7) is 12.5. The lowest BCUT2D eigenvalue weighted by Crippen LogP contribution is -2.68. The van der Waals surface area contributed by atoms with Crippen molar-refractivity contribution in [1.82, 2.24) is 5.32 Å². The monoisotopic (exact) mass is 1000 g/mol. The summed E-state index contributed by atoms with van der Waals surface area (Å²) >= 11 is 0. The van der Waals surface area contributed by atoms with Crippen LogP contribution in [0.5, 0.6) is 0 Å². The van der Waals surface area contributed by atoms with E-state index in [9.17, 15) is 51.1 Å². The summed E-state index contributed by atoms with van der Waals surface area (Å²) < 4.78 is 57.2. The van der Waals surface area contributed by atoms with Gasteiger partial charge in [0.25, 0.3) is 0 Å².